The van der Waals surface area contributed by atoms with Crippen LogP contribution < -0.4 is 24.4 Å². The van der Waals surface area contributed by atoms with Crippen LogP contribution in [-0.2, 0) is 11.4 Å². The first-order valence-electron chi connectivity index (χ1n) is 14.0. The third kappa shape index (κ3) is 6.52. The van der Waals surface area contributed by atoms with Crippen LogP contribution in [0.15, 0.2) is 86.2 Å². The van der Waals surface area contributed by atoms with Gasteiger partial charge in [-0.25, -0.2) is 4.99 Å². The lowest BCUT2D eigenvalue weighted by molar-refractivity contribution is -0.127. The van der Waals surface area contributed by atoms with Crippen LogP contribution in [0.25, 0.3) is 6.08 Å². The average Bonchev–Trinajstić information content (AvgIpc) is 3.31. The maximum absolute atomic E-state index is 14.1. The minimum absolute atomic E-state index is 0.145. The summed E-state index contributed by atoms with van der Waals surface area (Å²) in [5.41, 5.74) is 3.28. The summed E-state index contributed by atoms with van der Waals surface area (Å²) < 4.78 is 14.5. The van der Waals surface area contributed by atoms with E-state index >= 15 is 0 Å². The second-order valence-corrected chi connectivity index (χ2v) is 12.8. The van der Waals surface area contributed by atoms with Crippen LogP contribution >= 0.6 is 50.5 Å². The molecule has 1 aliphatic rings. The number of ether oxygens (including phenoxy) is 2. The van der Waals surface area contributed by atoms with Crippen molar-refractivity contribution in [2.45, 2.75) is 33.4 Å². The first-order chi connectivity index (χ1) is 21.1. The Balaban J connectivity index is 1.58. The average molecular weight is 715 g/mol. The Morgan fingerprint density at radius 2 is 1.70 bits per heavy atom. The van der Waals surface area contributed by atoms with E-state index in [0.717, 1.165) is 16.7 Å². The molecular weight excluding hydrogens is 685 g/mol. The van der Waals surface area contributed by atoms with Crippen LogP contribution in [0.4, 0.5) is 0 Å². The van der Waals surface area contributed by atoms with Crippen LogP contribution in [-0.4, -0.2) is 35.6 Å². The molecule has 0 spiro atoms. The van der Waals surface area contributed by atoms with Gasteiger partial charge in [0.2, 0.25) is 0 Å². The van der Waals surface area contributed by atoms with Crippen LogP contribution in [0.5, 0.6) is 11.5 Å². The van der Waals surface area contributed by atoms with Gasteiger partial charge in [0, 0.05) is 23.1 Å². The van der Waals surface area contributed by atoms with Gasteiger partial charge in [0.1, 0.15) is 6.61 Å². The van der Waals surface area contributed by atoms with E-state index in [1.165, 1.54) is 11.3 Å². The summed E-state index contributed by atoms with van der Waals surface area (Å²) in [7, 11) is 1.57. The van der Waals surface area contributed by atoms with E-state index in [1.54, 1.807) is 34.8 Å². The fraction of sp³-hybridized carbons (Fsp3) is 0.242. The number of amides is 1. The monoisotopic (exact) mass is 713 g/mol. The molecule has 0 N–H and O–H groups in total. The maximum Gasteiger partial charge on any atom is 0.271 e. The smallest absolute Gasteiger partial charge is 0.271 e. The molecule has 5 rings (SSSR count). The molecule has 0 saturated heterocycles. The van der Waals surface area contributed by atoms with Crippen molar-refractivity contribution in [3.05, 3.63) is 123 Å². The van der Waals surface area contributed by atoms with Crippen LogP contribution in [0, 0.1) is 0 Å². The van der Waals surface area contributed by atoms with Gasteiger partial charge >= 0.3 is 0 Å². The Kier molecular flexibility index (Phi) is 10.00. The Bertz CT molecular complexity index is 1910. The fourth-order valence-electron chi connectivity index (χ4n) is 5.09. The summed E-state index contributed by atoms with van der Waals surface area (Å²) in [6, 6.07) is 17.7. The Labute approximate surface area is 277 Å². The molecule has 228 valence electrons. The number of hydrogen-bond donors (Lipinski definition) is 0. The minimum Gasteiger partial charge on any atom is -0.493 e. The van der Waals surface area contributed by atoms with Crippen molar-refractivity contribution in [3.8, 4) is 11.5 Å². The molecule has 1 aliphatic heterocycles. The first-order valence-corrected chi connectivity index (χ1v) is 16.3. The highest BCUT2D eigenvalue weighted by Gasteiger charge is 2.34. The van der Waals surface area contributed by atoms with Gasteiger partial charge in [0.15, 0.2) is 16.3 Å². The van der Waals surface area contributed by atoms with Crippen LogP contribution in [0.2, 0.25) is 10.0 Å². The number of carbonyl (C=O) groups excluding carboxylic acids is 1. The van der Waals surface area contributed by atoms with Crippen molar-refractivity contribution < 1.29 is 14.3 Å². The molecule has 0 bridgehead atoms. The van der Waals surface area contributed by atoms with Crippen molar-refractivity contribution in [2.24, 2.45) is 4.99 Å². The normalized spacial score (nSPS) is 14.7. The lowest BCUT2D eigenvalue weighted by Crippen LogP contribution is -2.43. The largest absolute Gasteiger partial charge is 0.493 e. The number of thiazole rings is 1. The Morgan fingerprint density at radius 3 is 2.32 bits per heavy atom. The van der Waals surface area contributed by atoms with Gasteiger partial charge in [0.05, 0.1) is 33.4 Å². The summed E-state index contributed by atoms with van der Waals surface area (Å²) in [5, 5.41) is 1.22. The molecule has 2 heterocycles. The van der Waals surface area contributed by atoms with Crippen molar-refractivity contribution in [3.63, 3.8) is 0 Å². The van der Waals surface area contributed by atoms with Crippen molar-refractivity contribution in [1.29, 1.82) is 0 Å². The zero-order valence-corrected chi connectivity index (χ0v) is 28.5. The second-order valence-electron chi connectivity index (χ2n) is 10.1. The quantitative estimate of drug-likeness (QED) is 0.192. The number of likely N-dealkylation sites (N-methyl/N-ethyl adjacent to an activating group) is 1. The number of rotatable bonds is 9. The summed E-state index contributed by atoms with van der Waals surface area (Å²) in [4.78, 5) is 34.8. The molecule has 4 aromatic rings. The summed E-state index contributed by atoms with van der Waals surface area (Å²) in [5.74, 6) is 0.904. The van der Waals surface area contributed by atoms with Gasteiger partial charge in [0.25, 0.3) is 11.5 Å². The molecule has 0 aliphatic carbocycles. The number of nitrogens with zero attached hydrogens (tertiary/aromatic N) is 3. The second kappa shape index (κ2) is 13.7. The van der Waals surface area contributed by atoms with E-state index in [1.807, 2.05) is 69.3 Å². The van der Waals surface area contributed by atoms with Gasteiger partial charge in [-0.05, 0) is 95.9 Å². The highest BCUT2D eigenvalue weighted by Crippen LogP contribution is 2.37. The third-order valence-corrected chi connectivity index (χ3v) is 9.41. The van der Waals surface area contributed by atoms with Gasteiger partial charge in [-0.3, -0.25) is 14.2 Å². The van der Waals surface area contributed by atoms with Gasteiger partial charge in [-0.1, -0.05) is 58.8 Å². The van der Waals surface area contributed by atoms with E-state index in [2.05, 4.69) is 15.9 Å². The molecule has 3 aromatic carbocycles. The molecule has 0 radical (unpaired) electrons. The number of methoxy groups -OCH3 is 1. The molecule has 44 heavy (non-hydrogen) atoms. The maximum atomic E-state index is 14.1. The van der Waals surface area contributed by atoms with Crippen molar-refractivity contribution in [1.82, 2.24) is 9.47 Å². The summed E-state index contributed by atoms with van der Waals surface area (Å²) >= 11 is 17.1. The van der Waals surface area contributed by atoms with Gasteiger partial charge in [-0.2, -0.15) is 0 Å². The molecule has 1 aromatic heterocycles. The third-order valence-electron chi connectivity index (χ3n) is 7.33. The summed E-state index contributed by atoms with van der Waals surface area (Å²) in [6.07, 6.45) is 1.80. The zero-order chi connectivity index (χ0) is 31.5. The number of carbonyl (C=O) groups is 1. The fourth-order valence-corrected chi connectivity index (χ4v) is 6.96. The highest BCUT2D eigenvalue weighted by atomic mass is 79.9. The van der Waals surface area contributed by atoms with Crippen LogP contribution in [0.1, 0.15) is 43.5 Å². The molecule has 7 nitrogen and oxygen atoms in total. The summed E-state index contributed by atoms with van der Waals surface area (Å²) in [6.45, 7) is 7.10. The molecular formula is C33H30BrCl2N3O4S. The van der Waals surface area contributed by atoms with Gasteiger partial charge < -0.3 is 14.4 Å². The van der Waals surface area contributed by atoms with E-state index in [-0.39, 0.29) is 11.5 Å². The molecule has 0 fully saturated rings. The van der Waals surface area contributed by atoms with Crippen molar-refractivity contribution >= 4 is 62.5 Å². The SMILES string of the molecule is CCN(CC)C(=O)C1=C(C)N=c2s/c(=C/c3cc(Br)c(OCc4ccc(Cl)cc4)c(OC)c3)c(=O)n2[C@H]1c1ccc(Cl)cc1. The molecule has 1 amide bonds. The Morgan fingerprint density at radius 1 is 1.07 bits per heavy atom. The molecule has 0 unspecified atom stereocenters. The lowest BCUT2D eigenvalue weighted by Gasteiger charge is -2.29. The van der Waals surface area contributed by atoms with Crippen LogP contribution in [0.3, 0.4) is 0 Å². The van der Waals surface area contributed by atoms with E-state index in [4.69, 9.17) is 37.7 Å². The molecule has 0 saturated carbocycles. The van der Waals surface area contributed by atoms with E-state index in [9.17, 15) is 9.59 Å². The molecule has 11 heteroatoms. The molecule has 1 atom stereocenters. The topological polar surface area (TPSA) is 73.1 Å². The zero-order valence-electron chi connectivity index (χ0n) is 24.6. The number of halogens is 3. The predicted molar refractivity (Wildman–Crippen MR) is 180 cm³/mol. The standard InChI is InChI=1S/C33H30BrCl2N3O4S/c1-5-38(6-2)32(41)28-19(3)37-33-39(29(28)22-9-13-24(36)14-10-22)31(40)27(44-33)17-21-15-25(34)30(26(16-21)42-4)43-18-20-7-11-23(35)12-8-20/h7-17,29H,5-6,18H2,1-4H3/b27-17+/t29-/m0/s1. The number of fused-ring (bicyclic) bond motifs is 1. The number of benzene rings is 3. The first kappa shape index (κ1) is 32.0. The number of allylic oxidation sites excluding steroid dienone is 1. The minimum atomic E-state index is -0.649. The number of aromatic nitrogens is 1. The Hall–Kier alpha value is -3.37. The van der Waals surface area contributed by atoms with Gasteiger partial charge in [-0.15, -0.1) is 0 Å². The number of hydrogen-bond acceptors (Lipinski definition) is 6. The predicted octanol–water partition coefficient (Wildman–Crippen LogP) is 6.76. The highest BCUT2D eigenvalue weighted by molar-refractivity contribution is 9.10. The van der Waals surface area contributed by atoms with E-state index < -0.39 is 6.04 Å². The van der Waals surface area contributed by atoms with E-state index in [0.29, 0.717) is 66.3 Å². The lowest BCUT2D eigenvalue weighted by atomic mass is 9.94. The van der Waals surface area contributed by atoms with Crippen molar-refractivity contribution in [2.75, 3.05) is 20.2 Å².